The van der Waals surface area contributed by atoms with Gasteiger partial charge in [0.05, 0.1) is 11.8 Å². The molecule has 0 spiro atoms. The van der Waals surface area contributed by atoms with Crippen LogP contribution in [0.25, 0.3) is 0 Å². The number of carbonyl (C=O) groups excluding carboxylic acids is 1. The number of amides is 1. The fourth-order valence-corrected chi connectivity index (χ4v) is 2.43. The summed E-state index contributed by atoms with van der Waals surface area (Å²) in [6, 6.07) is 5.29. The lowest BCUT2D eigenvalue weighted by molar-refractivity contribution is 0.0955. The molecule has 0 aliphatic rings. The Morgan fingerprint density at radius 2 is 2.29 bits per heavy atom. The summed E-state index contributed by atoms with van der Waals surface area (Å²) in [4.78, 5) is 15.8. The molecule has 0 aliphatic carbocycles. The zero-order valence-electron chi connectivity index (χ0n) is 12.2. The summed E-state index contributed by atoms with van der Waals surface area (Å²) in [7, 11) is 0. The molecular formula is C15H17ClN4O. The van der Waals surface area contributed by atoms with E-state index in [9.17, 15) is 4.79 Å². The van der Waals surface area contributed by atoms with E-state index in [1.165, 1.54) is 6.20 Å². The minimum atomic E-state index is -0.381. The van der Waals surface area contributed by atoms with Crippen LogP contribution in [0.1, 0.15) is 34.2 Å². The Morgan fingerprint density at radius 3 is 2.90 bits per heavy atom. The first-order valence-corrected chi connectivity index (χ1v) is 7.03. The third-order valence-electron chi connectivity index (χ3n) is 3.30. The largest absolute Gasteiger partial charge is 0.349 e. The number of rotatable bonds is 4. The Balaban J connectivity index is 2.10. The van der Waals surface area contributed by atoms with Gasteiger partial charge in [-0.3, -0.25) is 4.79 Å². The number of aryl methyl sites for hydroxylation is 1. The fraction of sp³-hybridized carbons (Fsp3) is 0.267. The molecule has 0 unspecified atom stereocenters. The van der Waals surface area contributed by atoms with Gasteiger partial charge in [0.1, 0.15) is 5.15 Å². The van der Waals surface area contributed by atoms with Crippen molar-refractivity contribution < 1.29 is 4.79 Å². The van der Waals surface area contributed by atoms with Crippen molar-refractivity contribution >= 4 is 23.7 Å². The van der Waals surface area contributed by atoms with Gasteiger partial charge in [-0.1, -0.05) is 11.6 Å². The molecule has 0 aliphatic heterocycles. The van der Waals surface area contributed by atoms with Crippen LogP contribution >= 0.6 is 11.6 Å². The third-order valence-corrected chi connectivity index (χ3v) is 3.60. The first-order valence-electron chi connectivity index (χ1n) is 6.65. The molecule has 6 heteroatoms. The molecule has 1 N–H and O–H groups in total. The average molecular weight is 305 g/mol. The number of hydrazone groups is 1. The highest BCUT2D eigenvalue weighted by Gasteiger charge is 2.09. The molecule has 0 atom stereocenters. The van der Waals surface area contributed by atoms with Crippen molar-refractivity contribution in [1.29, 1.82) is 0 Å². The van der Waals surface area contributed by atoms with Crippen molar-refractivity contribution in [3.63, 3.8) is 0 Å². The number of hydrogen-bond donors (Lipinski definition) is 1. The number of pyridine rings is 1. The lowest BCUT2D eigenvalue weighted by Gasteiger charge is -2.04. The average Bonchev–Trinajstić information content (AvgIpc) is 2.73. The summed E-state index contributed by atoms with van der Waals surface area (Å²) >= 11 is 5.86. The van der Waals surface area contributed by atoms with Crippen LogP contribution in [-0.2, 0) is 6.54 Å². The van der Waals surface area contributed by atoms with Crippen LogP contribution in [0.3, 0.4) is 0 Å². The molecule has 5 nitrogen and oxygen atoms in total. The molecule has 2 rings (SSSR count). The molecule has 0 fully saturated rings. The molecule has 21 heavy (non-hydrogen) atoms. The minimum Gasteiger partial charge on any atom is -0.349 e. The van der Waals surface area contributed by atoms with Crippen LogP contribution in [0.15, 0.2) is 29.5 Å². The van der Waals surface area contributed by atoms with Crippen LogP contribution < -0.4 is 5.43 Å². The molecule has 0 bridgehead atoms. The van der Waals surface area contributed by atoms with E-state index in [1.54, 1.807) is 18.3 Å². The van der Waals surface area contributed by atoms with Crippen LogP contribution in [-0.4, -0.2) is 21.7 Å². The Labute approximate surface area is 128 Å². The van der Waals surface area contributed by atoms with Crippen molar-refractivity contribution in [3.05, 3.63) is 52.1 Å². The number of halogens is 1. The zero-order valence-corrected chi connectivity index (χ0v) is 13.0. The standard InChI is InChI=1S/C15H17ClN4O/c1-4-20-10(2)8-12(11(20)3)9-18-19-15(21)13-6-5-7-17-14(13)16/h5-9H,4H2,1-3H3,(H,19,21). The molecule has 1 amide bonds. The number of hydrogen-bond acceptors (Lipinski definition) is 3. The van der Waals surface area contributed by atoms with Gasteiger partial charge in [-0.2, -0.15) is 5.10 Å². The van der Waals surface area contributed by atoms with E-state index in [4.69, 9.17) is 11.6 Å². The second-order valence-electron chi connectivity index (χ2n) is 4.61. The molecule has 0 radical (unpaired) electrons. The van der Waals surface area contributed by atoms with Gasteiger partial charge < -0.3 is 4.57 Å². The van der Waals surface area contributed by atoms with Crippen LogP contribution in [0.2, 0.25) is 5.15 Å². The van der Waals surface area contributed by atoms with Gasteiger partial charge in [-0.05, 0) is 39.0 Å². The van der Waals surface area contributed by atoms with E-state index < -0.39 is 0 Å². The highest BCUT2D eigenvalue weighted by molar-refractivity contribution is 6.32. The van der Waals surface area contributed by atoms with Gasteiger partial charge in [0.25, 0.3) is 5.91 Å². The summed E-state index contributed by atoms with van der Waals surface area (Å²) in [6.45, 7) is 7.07. The van der Waals surface area contributed by atoms with Gasteiger partial charge in [0, 0.05) is 29.7 Å². The van der Waals surface area contributed by atoms with E-state index in [-0.39, 0.29) is 11.1 Å². The van der Waals surface area contributed by atoms with Crippen LogP contribution in [0.4, 0.5) is 0 Å². The van der Waals surface area contributed by atoms with Gasteiger partial charge in [-0.25, -0.2) is 10.4 Å². The van der Waals surface area contributed by atoms with E-state index in [0.29, 0.717) is 5.56 Å². The molecule has 110 valence electrons. The normalized spacial score (nSPS) is 11.0. The van der Waals surface area contributed by atoms with Crippen LogP contribution in [0, 0.1) is 13.8 Å². The van der Waals surface area contributed by atoms with E-state index >= 15 is 0 Å². The summed E-state index contributed by atoms with van der Waals surface area (Å²) in [5.41, 5.74) is 6.02. The van der Waals surface area contributed by atoms with E-state index in [1.807, 2.05) is 19.9 Å². The number of nitrogens with zero attached hydrogens (tertiary/aromatic N) is 3. The van der Waals surface area contributed by atoms with Crippen molar-refractivity contribution in [3.8, 4) is 0 Å². The number of aromatic nitrogens is 2. The first-order chi connectivity index (χ1) is 10.0. The molecule has 0 saturated heterocycles. The monoisotopic (exact) mass is 304 g/mol. The minimum absolute atomic E-state index is 0.161. The second kappa shape index (κ2) is 6.54. The fourth-order valence-electron chi connectivity index (χ4n) is 2.22. The highest BCUT2D eigenvalue weighted by Crippen LogP contribution is 2.13. The summed E-state index contributed by atoms with van der Waals surface area (Å²) in [5, 5.41) is 4.15. The maximum atomic E-state index is 11.9. The first kappa shape index (κ1) is 15.3. The second-order valence-corrected chi connectivity index (χ2v) is 4.97. The predicted molar refractivity (Wildman–Crippen MR) is 83.9 cm³/mol. The molecule has 2 heterocycles. The topological polar surface area (TPSA) is 59.3 Å². The van der Waals surface area contributed by atoms with E-state index in [0.717, 1.165) is 23.5 Å². The Morgan fingerprint density at radius 1 is 1.52 bits per heavy atom. The maximum Gasteiger partial charge on any atom is 0.274 e. The Bertz CT molecular complexity index is 691. The molecular weight excluding hydrogens is 288 g/mol. The zero-order chi connectivity index (χ0) is 15.4. The van der Waals surface area contributed by atoms with Crippen molar-refractivity contribution in [2.75, 3.05) is 0 Å². The van der Waals surface area contributed by atoms with Gasteiger partial charge in [0.15, 0.2) is 0 Å². The molecule has 0 aromatic carbocycles. The van der Waals surface area contributed by atoms with Gasteiger partial charge in [0.2, 0.25) is 0 Å². The Hall–Kier alpha value is -2.14. The lowest BCUT2D eigenvalue weighted by atomic mass is 10.2. The predicted octanol–water partition coefficient (Wildman–Crippen LogP) is 2.94. The highest BCUT2D eigenvalue weighted by atomic mass is 35.5. The van der Waals surface area contributed by atoms with Crippen molar-refractivity contribution in [1.82, 2.24) is 15.0 Å². The lowest BCUT2D eigenvalue weighted by Crippen LogP contribution is -2.18. The quantitative estimate of drug-likeness (QED) is 0.536. The van der Waals surface area contributed by atoms with E-state index in [2.05, 4.69) is 27.0 Å². The summed E-state index contributed by atoms with van der Waals surface area (Å²) in [5.74, 6) is -0.381. The molecule has 2 aromatic heterocycles. The SMILES string of the molecule is CCn1c(C)cc(C=NNC(=O)c2cccnc2Cl)c1C. The van der Waals surface area contributed by atoms with Crippen molar-refractivity contribution in [2.45, 2.75) is 27.3 Å². The molecule has 2 aromatic rings. The van der Waals surface area contributed by atoms with Crippen molar-refractivity contribution in [2.24, 2.45) is 5.10 Å². The third kappa shape index (κ3) is 3.31. The molecule has 0 saturated carbocycles. The summed E-state index contributed by atoms with van der Waals surface area (Å²) in [6.07, 6.45) is 3.17. The summed E-state index contributed by atoms with van der Waals surface area (Å²) < 4.78 is 2.18. The van der Waals surface area contributed by atoms with Gasteiger partial charge in [-0.15, -0.1) is 0 Å². The van der Waals surface area contributed by atoms with Gasteiger partial charge >= 0.3 is 0 Å². The number of carbonyl (C=O) groups is 1. The smallest absolute Gasteiger partial charge is 0.274 e. The van der Waals surface area contributed by atoms with Crippen LogP contribution in [0.5, 0.6) is 0 Å². The maximum absolute atomic E-state index is 11.9. The number of nitrogens with one attached hydrogen (secondary N) is 1. The Kier molecular flexibility index (Phi) is 4.75.